The van der Waals surface area contributed by atoms with Crippen molar-refractivity contribution in [1.82, 2.24) is 15.1 Å². The second kappa shape index (κ2) is 16.8. The van der Waals surface area contributed by atoms with Crippen molar-refractivity contribution in [2.24, 2.45) is 5.92 Å². The summed E-state index contributed by atoms with van der Waals surface area (Å²) in [4.78, 5) is 18.1. The number of carbonyl (C=O) groups excluding carboxylic acids is 1. The van der Waals surface area contributed by atoms with Crippen LogP contribution in [0.5, 0.6) is 0 Å². The Labute approximate surface area is 228 Å². The normalized spacial score (nSPS) is 20.9. The smallest absolute Gasteiger partial charge is 0.226 e. The average Bonchev–Trinajstić information content (AvgIpc) is 2.92. The van der Waals surface area contributed by atoms with Gasteiger partial charge < -0.3 is 10.2 Å². The fraction of sp³-hybridized carbons (Fsp3) is 0.500. The zero-order valence-electron chi connectivity index (χ0n) is 22.1. The predicted octanol–water partition coefficient (Wildman–Crippen LogP) is 7.25. The van der Waals surface area contributed by atoms with Gasteiger partial charge in [-0.1, -0.05) is 80.4 Å². The number of hydrogen-bond acceptors (Lipinski definition) is 3. The van der Waals surface area contributed by atoms with E-state index in [0.29, 0.717) is 5.91 Å². The molecule has 2 heterocycles. The second-order valence-corrected chi connectivity index (χ2v) is 9.89. The Kier molecular flexibility index (Phi) is 14.2. The molecule has 2 aliphatic heterocycles. The molecule has 0 spiro atoms. The van der Waals surface area contributed by atoms with E-state index in [0.717, 1.165) is 68.5 Å². The first kappa shape index (κ1) is 30.4. The number of piperazine rings is 1. The summed E-state index contributed by atoms with van der Waals surface area (Å²) in [5.41, 5.74) is 1.20. The number of carbonyl (C=O) groups is 1. The van der Waals surface area contributed by atoms with Crippen molar-refractivity contribution in [3.63, 3.8) is 0 Å². The third kappa shape index (κ3) is 9.23. The largest absolute Gasteiger partial charge is 0.331 e. The van der Waals surface area contributed by atoms with Gasteiger partial charge in [0, 0.05) is 54.7 Å². The number of likely N-dealkylation sites (tertiary alicyclic amines) is 1. The Hall–Kier alpha value is -1.85. The van der Waals surface area contributed by atoms with Crippen LogP contribution < -0.4 is 5.32 Å². The lowest BCUT2D eigenvalue weighted by Gasteiger charge is -2.45. The lowest BCUT2D eigenvalue weighted by Crippen LogP contribution is -2.54. The summed E-state index contributed by atoms with van der Waals surface area (Å²) in [5, 5.41) is 4.95. The Bertz CT molecular complexity index is 885. The molecule has 36 heavy (non-hydrogen) atoms. The first-order valence-corrected chi connectivity index (χ1v) is 14.1. The quantitative estimate of drug-likeness (QED) is 0.382. The summed E-state index contributed by atoms with van der Waals surface area (Å²) in [5.74, 6) is 0.367. The molecule has 198 valence electrons. The lowest BCUT2D eigenvalue weighted by atomic mass is 9.85. The van der Waals surface area contributed by atoms with E-state index in [1.54, 1.807) is 0 Å². The minimum atomic E-state index is 0.0723. The zero-order valence-corrected chi connectivity index (χ0v) is 23.6. The van der Waals surface area contributed by atoms with E-state index < -0.39 is 0 Å². The van der Waals surface area contributed by atoms with Crippen LogP contribution in [0.25, 0.3) is 0 Å². The highest BCUT2D eigenvalue weighted by Crippen LogP contribution is 2.38. The maximum absolute atomic E-state index is 13.4. The van der Waals surface area contributed by atoms with Crippen LogP contribution in [-0.4, -0.2) is 54.5 Å². The molecule has 2 aromatic carbocycles. The van der Waals surface area contributed by atoms with E-state index in [2.05, 4.69) is 40.8 Å². The number of nitrogens with one attached hydrogen (secondary N) is 1. The number of rotatable bonds is 7. The zero-order chi connectivity index (χ0) is 26.3. The van der Waals surface area contributed by atoms with Gasteiger partial charge >= 0.3 is 0 Å². The number of benzene rings is 2. The minimum absolute atomic E-state index is 0.0723. The Balaban J connectivity index is 0.000000431. The summed E-state index contributed by atoms with van der Waals surface area (Å²) in [7, 11) is 0. The van der Waals surface area contributed by atoms with Gasteiger partial charge in [-0.15, -0.1) is 6.58 Å². The molecule has 3 unspecified atom stereocenters. The maximum atomic E-state index is 13.4. The van der Waals surface area contributed by atoms with Crippen molar-refractivity contribution < 1.29 is 4.79 Å². The van der Waals surface area contributed by atoms with Crippen LogP contribution in [0.3, 0.4) is 0 Å². The Morgan fingerprint density at radius 2 is 1.61 bits per heavy atom. The highest BCUT2D eigenvalue weighted by Gasteiger charge is 2.39. The highest BCUT2D eigenvalue weighted by atomic mass is 35.5. The van der Waals surface area contributed by atoms with E-state index >= 15 is 0 Å². The summed E-state index contributed by atoms with van der Waals surface area (Å²) >= 11 is 11.6. The molecule has 6 heteroatoms. The van der Waals surface area contributed by atoms with Crippen LogP contribution in [0.2, 0.25) is 10.0 Å². The van der Waals surface area contributed by atoms with Crippen LogP contribution in [-0.2, 0) is 4.79 Å². The SMILES string of the molecule is C=CCC1CCC(c2ccc(Cl)cc2)N(C(CC)CN2CCNCC2)C1=O.CC.Clc1ccccc1. The van der Waals surface area contributed by atoms with Gasteiger partial charge in [0.1, 0.15) is 0 Å². The van der Waals surface area contributed by atoms with Crippen LogP contribution in [0.4, 0.5) is 0 Å². The van der Waals surface area contributed by atoms with Gasteiger partial charge in [0.05, 0.1) is 6.04 Å². The van der Waals surface area contributed by atoms with Gasteiger partial charge in [-0.05, 0) is 55.5 Å². The molecule has 0 aliphatic carbocycles. The van der Waals surface area contributed by atoms with E-state index in [4.69, 9.17) is 23.2 Å². The Morgan fingerprint density at radius 3 is 2.14 bits per heavy atom. The van der Waals surface area contributed by atoms with Crippen LogP contribution in [0.1, 0.15) is 58.1 Å². The number of amides is 1. The van der Waals surface area contributed by atoms with Gasteiger partial charge in [-0.3, -0.25) is 9.69 Å². The Morgan fingerprint density at radius 1 is 1.00 bits per heavy atom. The van der Waals surface area contributed by atoms with Gasteiger partial charge in [0.2, 0.25) is 5.91 Å². The van der Waals surface area contributed by atoms with Crippen LogP contribution in [0.15, 0.2) is 67.3 Å². The molecule has 0 radical (unpaired) electrons. The summed E-state index contributed by atoms with van der Waals surface area (Å²) in [6.45, 7) is 15.2. The number of nitrogens with zero attached hydrogens (tertiary/aromatic N) is 2. The summed E-state index contributed by atoms with van der Waals surface area (Å²) in [6, 6.07) is 17.9. The fourth-order valence-corrected chi connectivity index (χ4v) is 5.14. The first-order valence-electron chi connectivity index (χ1n) is 13.4. The standard InChI is InChI=1S/C22H32ClN3O.C6H5Cl.C2H6/c1-3-5-18-8-11-21(17-6-9-19(23)10-7-17)26(22(18)27)20(4-2)16-25-14-12-24-13-15-25;7-6-4-2-1-3-5-6;1-2/h3,6-7,9-10,18,20-21,24H,1,4-5,8,11-16H2,2H3;1-5H;1-2H3. The molecule has 2 saturated heterocycles. The molecular weight excluding hydrogens is 489 g/mol. The van der Waals surface area contributed by atoms with Crippen LogP contribution in [0, 0.1) is 5.92 Å². The highest BCUT2D eigenvalue weighted by molar-refractivity contribution is 6.30. The molecule has 2 aliphatic rings. The molecule has 0 aromatic heterocycles. The lowest BCUT2D eigenvalue weighted by molar-refractivity contribution is -0.146. The molecule has 4 rings (SSSR count). The molecule has 1 N–H and O–H groups in total. The van der Waals surface area contributed by atoms with Crippen LogP contribution >= 0.6 is 23.2 Å². The van der Waals surface area contributed by atoms with Gasteiger partial charge in [-0.2, -0.15) is 0 Å². The van der Waals surface area contributed by atoms with Crippen molar-refractivity contribution in [2.75, 3.05) is 32.7 Å². The summed E-state index contributed by atoms with van der Waals surface area (Å²) < 4.78 is 0. The van der Waals surface area contributed by atoms with E-state index in [1.165, 1.54) is 5.56 Å². The number of hydrogen-bond donors (Lipinski definition) is 1. The topological polar surface area (TPSA) is 35.6 Å². The van der Waals surface area contributed by atoms with Crippen molar-refractivity contribution in [3.8, 4) is 0 Å². The third-order valence-electron chi connectivity index (χ3n) is 6.71. The van der Waals surface area contributed by atoms with E-state index in [1.807, 2.05) is 62.4 Å². The molecule has 0 saturated carbocycles. The number of piperidine rings is 1. The molecule has 2 aromatic rings. The van der Waals surface area contributed by atoms with Crippen molar-refractivity contribution >= 4 is 29.1 Å². The fourth-order valence-electron chi connectivity index (χ4n) is 4.87. The van der Waals surface area contributed by atoms with Gasteiger partial charge in [0.25, 0.3) is 0 Å². The van der Waals surface area contributed by atoms with Crippen molar-refractivity contribution in [1.29, 1.82) is 0 Å². The average molecular weight is 533 g/mol. The molecule has 4 nitrogen and oxygen atoms in total. The molecule has 0 bridgehead atoms. The predicted molar refractivity (Wildman–Crippen MR) is 155 cm³/mol. The van der Waals surface area contributed by atoms with Gasteiger partial charge in [0.15, 0.2) is 0 Å². The maximum Gasteiger partial charge on any atom is 0.226 e. The minimum Gasteiger partial charge on any atom is -0.331 e. The number of halogens is 2. The van der Waals surface area contributed by atoms with E-state index in [9.17, 15) is 4.79 Å². The molecular formula is C30H43Cl2N3O. The van der Waals surface area contributed by atoms with E-state index in [-0.39, 0.29) is 18.0 Å². The molecule has 2 fully saturated rings. The molecule has 1 amide bonds. The molecule has 3 atom stereocenters. The number of allylic oxidation sites excluding steroid dienone is 1. The van der Waals surface area contributed by atoms with Gasteiger partial charge in [-0.25, -0.2) is 0 Å². The monoisotopic (exact) mass is 531 g/mol. The van der Waals surface area contributed by atoms with Crippen molar-refractivity contribution in [3.05, 3.63) is 82.9 Å². The summed E-state index contributed by atoms with van der Waals surface area (Å²) in [6.07, 6.45) is 5.57. The second-order valence-electron chi connectivity index (χ2n) is 9.02. The van der Waals surface area contributed by atoms with Crippen molar-refractivity contribution in [2.45, 2.75) is 58.5 Å². The third-order valence-corrected chi connectivity index (χ3v) is 7.21. The first-order chi connectivity index (χ1) is 17.5.